The number of rotatable bonds is 3. The molecular formula is C12H14F3N3O3S. The molecule has 1 aromatic carbocycles. The minimum absolute atomic E-state index is 0.0564. The number of alkyl halides is 3. The van der Waals surface area contributed by atoms with Crippen LogP contribution in [0, 0.1) is 0 Å². The van der Waals surface area contributed by atoms with E-state index >= 15 is 0 Å². The SMILES string of the molecule is NC(=O)C1CCC(C(F)(F)F)N1c1cccc(S(N)(=O)=O)c1. The second kappa shape index (κ2) is 5.43. The third kappa shape index (κ3) is 3.17. The molecule has 22 heavy (non-hydrogen) atoms. The van der Waals surface area contributed by atoms with Crippen LogP contribution in [0.25, 0.3) is 0 Å². The third-order valence-corrected chi connectivity index (χ3v) is 4.45. The predicted molar refractivity (Wildman–Crippen MR) is 72.4 cm³/mol. The van der Waals surface area contributed by atoms with Gasteiger partial charge in [0.15, 0.2) is 0 Å². The Balaban J connectivity index is 2.52. The van der Waals surface area contributed by atoms with Gasteiger partial charge in [0.05, 0.1) is 4.90 Å². The summed E-state index contributed by atoms with van der Waals surface area (Å²) in [6, 6.07) is 1.67. The van der Waals surface area contributed by atoms with Crippen LogP contribution in [-0.4, -0.2) is 32.6 Å². The van der Waals surface area contributed by atoms with Gasteiger partial charge >= 0.3 is 6.18 Å². The van der Waals surface area contributed by atoms with Crippen LogP contribution in [0.2, 0.25) is 0 Å². The number of primary amides is 1. The summed E-state index contributed by atoms with van der Waals surface area (Å²) in [6.07, 6.45) is -4.92. The number of carbonyl (C=O) groups excluding carboxylic acids is 1. The van der Waals surface area contributed by atoms with Crippen molar-refractivity contribution in [2.45, 2.75) is 36.0 Å². The van der Waals surface area contributed by atoms with E-state index in [9.17, 15) is 26.4 Å². The molecule has 1 aliphatic heterocycles. The molecule has 1 amide bonds. The van der Waals surface area contributed by atoms with E-state index in [1.165, 1.54) is 12.1 Å². The summed E-state index contributed by atoms with van der Waals surface area (Å²) in [6.45, 7) is 0. The topological polar surface area (TPSA) is 106 Å². The molecule has 4 N–H and O–H groups in total. The van der Waals surface area contributed by atoms with Crippen LogP contribution in [-0.2, 0) is 14.8 Å². The highest BCUT2D eigenvalue weighted by molar-refractivity contribution is 7.89. The van der Waals surface area contributed by atoms with E-state index in [1.54, 1.807) is 0 Å². The molecule has 2 atom stereocenters. The number of nitrogens with zero attached hydrogens (tertiary/aromatic N) is 1. The van der Waals surface area contributed by atoms with Gasteiger partial charge in [0, 0.05) is 5.69 Å². The molecule has 0 aromatic heterocycles. The fraction of sp³-hybridized carbons (Fsp3) is 0.417. The minimum Gasteiger partial charge on any atom is -0.368 e. The molecule has 122 valence electrons. The Bertz CT molecular complexity index is 690. The maximum atomic E-state index is 13.1. The van der Waals surface area contributed by atoms with Crippen molar-refractivity contribution in [1.82, 2.24) is 0 Å². The molecule has 2 rings (SSSR count). The Labute approximate surface area is 124 Å². The summed E-state index contributed by atoms with van der Waals surface area (Å²) >= 11 is 0. The van der Waals surface area contributed by atoms with Gasteiger partial charge in [-0.05, 0) is 31.0 Å². The van der Waals surface area contributed by atoms with Crippen molar-refractivity contribution in [3.63, 3.8) is 0 Å². The summed E-state index contributed by atoms with van der Waals surface area (Å²) in [5.74, 6) is -0.896. The number of amides is 1. The van der Waals surface area contributed by atoms with Gasteiger partial charge in [-0.25, -0.2) is 13.6 Å². The van der Waals surface area contributed by atoms with Gasteiger partial charge in [-0.3, -0.25) is 4.79 Å². The molecule has 1 aromatic rings. The number of hydrogen-bond donors (Lipinski definition) is 2. The van der Waals surface area contributed by atoms with Crippen molar-refractivity contribution >= 4 is 21.6 Å². The van der Waals surface area contributed by atoms with Crippen LogP contribution in [0.15, 0.2) is 29.2 Å². The van der Waals surface area contributed by atoms with Crippen LogP contribution < -0.4 is 15.8 Å². The van der Waals surface area contributed by atoms with Crippen LogP contribution in [0.1, 0.15) is 12.8 Å². The predicted octanol–water partition coefficient (Wildman–Crippen LogP) is 0.719. The van der Waals surface area contributed by atoms with Gasteiger partial charge in [0.1, 0.15) is 12.1 Å². The molecule has 10 heteroatoms. The molecule has 6 nitrogen and oxygen atoms in total. The van der Waals surface area contributed by atoms with Gasteiger partial charge in [0.25, 0.3) is 0 Å². The zero-order chi connectivity index (χ0) is 16.7. The summed E-state index contributed by atoms with van der Waals surface area (Å²) in [4.78, 5) is 11.9. The van der Waals surface area contributed by atoms with Crippen molar-refractivity contribution in [2.75, 3.05) is 4.90 Å². The fourth-order valence-electron chi connectivity index (χ4n) is 2.59. The van der Waals surface area contributed by atoms with E-state index in [1.807, 2.05) is 0 Å². The Morgan fingerprint density at radius 2 is 1.91 bits per heavy atom. The number of primary sulfonamides is 1. The first-order chi connectivity index (χ1) is 10.0. The largest absolute Gasteiger partial charge is 0.408 e. The van der Waals surface area contributed by atoms with Gasteiger partial charge in [0.2, 0.25) is 15.9 Å². The maximum Gasteiger partial charge on any atom is 0.408 e. The van der Waals surface area contributed by atoms with Gasteiger partial charge < -0.3 is 10.6 Å². The molecule has 0 aliphatic carbocycles. The molecule has 1 heterocycles. The van der Waals surface area contributed by atoms with Crippen LogP contribution >= 0.6 is 0 Å². The summed E-state index contributed by atoms with van der Waals surface area (Å²) in [5, 5.41) is 4.98. The van der Waals surface area contributed by atoms with Crippen LogP contribution in [0.4, 0.5) is 18.9 Å². The van der Waals surface area contributed by atoms with Crippen LogP contribution in [0.5, 0.6) is 0 Å². The molecule has 0 bridgehead atoms. The highest BCUT2D eigenvalue weighted by atomic mass is 32.2. The number of nitrogens with two attached hydrogens (primary N) is 2. The second-order valence-electron chi connectivity index (χ2n) is 5.00. The molecule has 1 fully saturated rings. The first-order valence-corrected chi connectivity index (χ1v) is 7.83. The Kier molecular flexibility index (Phi) is 4.09. The van der Waals surface area contributed by atoms with E-state index in [-0.39, 0.29) is 23.4 Å². The fourth-order valence-corrected chi connectivity index (χ4v) is 3.15. The first-order valence-electron chi connectivity index (χ1n) is 6.29. The van der Waals surface area contributed by atoms with Gasteiger partial charge in [-0.2, -0.15) is 13.2 Å². The maximum absolute atomic E-state index is 13.1. The zero-order valence-electron chi connectivity index (χ0n) is 11.2. The molecule has 0 saturated carbocycles. The molecule has 1 saturated heterocycles. The van der Waals surface area contributed by atoms with Crippen molar-refractivity contribution < 1.29 is 26.4 Å². The van der Waals surface area contributed by atoms with Crippen LogP contribution in [0.3, 0.4) is 0 Å². The number of halogens is 3. The third-order valence-electron chi connectivity index (χ3n) is 3.54. The lowest BCUT2D eigenvalue weighted by Crippen LogP contribution is -2.49. The highest BCUT2D eigenvalue weighted by Gasteiger charge is 2.51. The minimum atomic E-state index is -4.57. The van der Waals surface area contributed by atoms with Crippen molar-refractivity contribution in [2.24, 2.45) is 10.9 Å². The van der Waals surface area contributed by atoms with E-state index in [0.717, 1.165) is 17.0 Å². The molecule has 0 spiro atoms. The number of benzene rings is 1. The zero-order valence-corrected chi connectivity index (χ0v) is 12.1. The monoisotopic (exact) mass is 337 g/mol. The normalized spacial score (nSPS) is 22.8. The second-order valence-corrected chi connectivity index (χ2v) is 6.56. The highest BCUT2D eigenvalue weighted by Crippen LogP contribution is 2.39. The van der Waals surface area contributed by atoms with Crippen molar-refractivity contribution in [3.05, 3.63) is 24.3 Å². The van der Waals surface area contributed by atoms with Gasteiger partial charge in [-0.15, -0.1) is 0 Å². The lowest BCUT2D eigenvalue weighted by atomic mass is 10.2. The lowest BCUT2D eigenvalue weighted by Gasteiger charge is -2.32. The summed E-state index contributed by atoms with van der Waals surface area (Å²) in [7, 11) is -4.07. The number of hydrogen-bond acceptors (Lipinski definition) is 4. The van der Waals surface area contributed by atoms with Crippen molar-refractivity contribution in [3.8, 4) is 0 Å². The Morgan fingerprint density at radius 3 is 2.41 bits per heavy atom. The average Bonchev–Trinajstić information content (AvgIpc) is 2.82. The van der Waals surface area contributed by atoms with E-state index in [4.69, 9.17) is 10.9 Å². The first kappa shape index (κ1) is 16.6. The smallest absolute Gasteiger partial charge is 0.368 e. The van der Waals surface area contributed by atoms with Crippen molar-refractivity contribution in [1.29, 1.82) is 0 Å². The molecule has 2 unspecified atom stereocenters. The van der Waals surface area contributed by atoms with E-state index < -0.39 is 34.2 Å². The van der Waals surface area contributed by atoms with E-state index in [0.29, 0.717) is 0 Å². The number of sulfonamides is 1. The average molecular weight is 337 g/mol. The Hall–Kier alpha value is -1.81. The number of carbonyl (C=O) groups is 1. The quantitative estimate of drug-likeness (QED) is 0.847. The summed E-state index contributed by atoms with van der Waals surface area (Å²) in [5.41, 5.74) is 5.10. The summed E-state index contributed by atoms with van der Waals surface area (Å²) < 4.78 is 62.1. The standard InChI is InChI=1S/C12H14F3N3O3S/c13-12(14,15)10-5-4-9(11(16)19)18(10)7-2-1-3-8(6-7)22(17,20)21/h1-3,6,9-10H,4-5H2,(H2,16,19)(H2,17,20,21). The molecular weight excluding hydrogens is 323 g/mol. The number of anilines is 1. The molecule has 0 radical (unpaired) electrons. The molecule has 1 aliphatic rings. The lowest BCUT2D eigenvalue weighted by molar-refractivity contribution is -0.146. The Morgan fingerprint density at radius 1 is 1.27 bits per heavy atom. The van der Waals surface area contributed by atoms with Gasteiger partial charge in [-0.1, -0.05) is 6.07 Å². The van der Waals surface area contributed by atoms with E-state index in [2.05, 4.69) is 0 Å².